The Labute approximate surface area is 306 Å². The van der Waals surface area contributed by atoms with E-state index in [0.29, 0.717) is 48.9 Å². The average Bonchev–Trinajstić information content (AvgIpc) is 3.37. The third kappa shape index (κ3) is 6.20. The molecule has 0 atom stereocenters. The Morgan fingerprint density at radius 2 is 1.27 bits per heavy atom. The number of carbonyl (C=O) groups excluding carboxylic acids is 4. The standard InChI is InChI=1S/C20H21N3O3.C19H18ClN3O3/c1-12-8-13(6-7-21-12)18(24)22-14-4-5-16-17(9-14)23(15-10-26-11-15)19(25)20(16,2)3;1-19(2)14-4-3-11(22-17(24)13-5-6-21-8-15(13)20)7-16(14)23(18(19)25)12-9-26-10-12/h4-9,15H,10-11H2,1-3H3,(H,22,24);3-8,12H,9-10H2,1-2H3,(H,22,24). The maximum absolute atomic E-state index is 12.9. The highest BCUT2D eigenvalue weighted by Crippen LogP contribution is 2.46. The number of benzene rings is 2. The summed E-state index contributed by atoms with van der Waals surface area (Å²) in [5, 5.41) is 6.05. The van der Waals surface area contributed by atoms with E-state index in [0.717, 1.165) is 28.2 Å². The normalized spacial score (nSPS) is 18.4. The Morgan fingerprint density at radius 3 is 1.73 bits per heavy atom. The van der Waals surface area contributed by atoms with Crippen molar-refractivity contribution < 1.29 is 28.7 Å². The molecule has 268 valence electrons. The molecule has 0 radical (unpaired) electrons. The Morgan fingerprint density at radius 1 is 0.750 bits per heavy atom. The molecule has 2 N–H and O–H groups in total. The number of anilines is 4. The smallest absolute Gasteiger partial charge is 0.257 e. The Balaban J connectivity index is 0.000000162. The number of nitrogens with one attached hydrogen (secondary N) is 2. The first kappa shape index (κ1) is 35.2. The second kappa shape index (κ2) is 13.4. The number of aryl methyl sites for hydroxylation is 1. The van der Waals surface area contributed by atoms with Crippen molar-refractivity contribution in [3.63, 3.8) is 0 Å². The minimum absolute atomic E-state index is 0.0450. The number of pyridine rings is 2. The van der Waals surface area contributed by atoms with Crippen LogP contribution in [0.25, 0.3) is 0 Å². The topological polar surface area (TPSA) is 143 Å². The van der Waals surface area contributed by atoms with Gasteiger partial charge in [-0.1, -0.05) is 23.7 Å². The van der Waals surface area contributed by atoms with Crippen LogP contribution in [0.15, 0.2) is 73.2 Å². The molecule has 4 amide bonds. The predicted octanol–water partition coefficient (Wildman–Crippen LogP) is 5.68. The lowest BCUT2D eigenvalue weighted by Crippen LogP contribution is -2.52. The molecule has 6 heterocycles. The summed E-state index contributed by atoms with van der Waals surface area (Å²) in [6.07, 6.45) is 4.56. The van der Waals surface area contributed by atoms with Gasteiger partial charge in [-0.25, -0.2) is 0 Å². The van der Waals surface area contributed by atoms with Crippen molar-refractivity contribution in [1.29, 1.82) is 0 Å². The van der Waals surface area contributed by atoms with Crippen molar-refractivity contribution in [1.82, 2.24) is 9.97 Å². The van der Waals surface area contributed by atoms with Gasteiger partial charge in [-0.15, -0.1) is 0 Å². The number of fused-ring (bicyclic) bond motifs is 2. The van der Waals surface area contributed by atoms with Crippen molar-refractivity contribution in [2.45, 2.75) is 57.5 Å². The van der Waals surface area contributed by atoms with Crippen LogP contribution in [0.3, 0.4) is 0 Å². The maximum atomic E-state index is 12.9. The summed E-state index contributed by atoms with van der Waals surface area (Å²) in [4.78, 5) is 62.4. The molecule has 4 aromatic rings. The summed E-state index contributed by atoms with van der Waals surface area (Å²) in [6.45, 7) is 11.7. The molecular formula is C39H39ClN6O6. The molecule has 0 saturated carbocycles. The van der Waals surface area contributed by atoms with Gasteiger partial charge in [0.1, 0.15) is 0 Å². The fourth-order valence-corrected chi connectivity index (χ4v) is 7.05. The molecule has 4 aliphatic heterocycles. The van der Waals surface area contributed by atoms with Gasteiger partial charge in [0.15, 0.2) is 0 Å². The minimum atomic E-state index is -0.595. The van der Waals surface area contributed by atoms with Crippen molar-refractivity contribution >= 4 is 58.0 Å². The number of aromatic nitrogens is 2. The van der Waals surface area contributed by atoms with Gasteiger partial charge in [-0.2, -0.15) is 0 Å². The minimum Gasteiger partial charge on any atom is -0.377 e. The summed E-state index contributed by atoms with van der Waals surface area (Å²) in [7, 11) is 0. The predicted molar refractivity (Wildman–Crippen MR) is 197 cm³/mol. The SMILES string of the molecule is CC1(C)C(=O)N(C2COC2)c2cc(NC(=O)c3ccncc3Cl)ccc21.Cc1cc(C(=O)Nc2ccc3c(c2)N(C2COC2)C(=O)C3(C)C)ccn1. The average molecular weight is 723 g/mol. The molecule has 0 bridgehead atoms. The molecule has 2 fully saturated rings. The maximum Gasteiger partial charge on any atom is 0.257 e. The van der Waals surface area contributed by atoms with Gasteiger partial charge in [0.25, 0.3) is 11.8 Å². The van der Waals surface area contributed by atoms with E-state index in [-0.39, 0.29) is 40.7 Å². The molecule has 13 heteroatoms. The van der Waals surface area contributed by atoms with E-state index in [4.69, 9.17) is 21.1 Å². The molecule has 2 aromatic heterocycles. The number of ether oxygens (including phenoxy) is 2. The number of hydrogen-bond donors (Lipinski definition) is 2. The van der Waals surface area contributed by atoms with Crippen LogP contribution in [-0.2, 0) is 29.9 Å². The molecule has 4 aliphatic rings. The number of halogens is 1. The third-order valence-corrected chi connectivity index (χ3v) is 10.3. The van der Waals surface area contributed by atoms with Crippen LogP contribution >= 0.6 is 11.6 Å². The number of amides is 4. The zero-order valence-corrected chi connectivity index (χ0v) is 30.3. The van der Waals surface area contributed by atoms with Crippen molar-refractivity contribution in [3.8, 4) is 0 Å². The van der Waals surface area contributed by atoms with Gasteiger partial charge in [0.05, 0.1) is 71.3 Å². The van der Waals surface area contributed by atoms with Crippen LogP contribution in [0.5, 0.6) is 0 Å². The van der Waals surface area contributed by atoms with E-state index in [9.17, 15) is 19.2 Å². The first-order valence-electron chi connectivity index (χ1n) is 17.0. The fraction of sp³-hybridized carbons (Fsp3) is 0.333. The van der Waals surface area contributed by atoms with E-state index in [1.54, 1.807) is 29.3 Å². The summed E-state index contributed by atoms with van der Waals surface area (Å²) in [5.41, 5.74) is 5.41. The first-order valence-corrected chi connectivity index (χ1v) is 17.4. The van der Waals surface area contributed by atoms with Gasteiger partial charge < -0.3 is 29.9 Å². The lowest BCUT2D eigenvalue weighted by Gasteiger charge is -2.35. The number of hydrogen-bond acceptors (Lipinski definition) is 8. The van der Waals surface area contributed by atoms with Gasteiger partial charge in [-0.3, -0.25) is 29.1 Å². The summed E-state index contributed by atoms with van der Waals surface area (Å²) >= 11 is 6.04. The van der Waals surface area contributed by atoms with Crippen LogP contribution in [0.1, 0.15) is 65.2 Å². The number of nitrogens with zero attached hydrogens (tertiary/aromatic N) is 4. The van der Waals surface area contributed by atoms with Crippen molar-refractivity contribution in [2.24, 2.45) is 0 Å². The Kier molecular flexibility index (Phi) is 9.10. The fourth-order valence-electron chi connectivity index (χ4n) is 6.84. The lowest BCUT2D eigenvalue weighted by atomic mass is 9.86. The highest BCUT2D eigenvalue weighted by molar-refractivity contribution is 6.34. The Bertz CT molecular complexity index is 2110. The van der Waals surface area contributed by atoms with Crippen LogP contribution in [0.4, 0.5) is 22.7 Å². The summed E-state index contributed by atoms with van der Waals surface area (Å²) < 4.78 is 10.5. The highest BCUT2D eigenvalue weighted by Gasteiger charge is 2.49. The second-order valence-electron chi connectivity index (χ2n) is 14.4. The molecule has 0 aliphatic carbocycles. The second-order valence-corrected chi connectivity index (χ2v) is 14.8. The summed E-state index contributed by atoms with van der Waals surface area (Å²) in [5.74, 6) is -0.382. The van der Waals surface area contributed by atoms with E-state index >= 15 is 0 Å². The first-order chi connectivity index (χ1) is 24.8. The Hall–Kier alpha value is -5.17. The molecule has 12 nitrogen and oxygen atoms in total. The summed E-state index contributed by atoms with van der Waals surface area (Å²) in [6, 6.07) is 16.3. The third-order valence-electron chi connectivity index (χ3n) is 10.0. The number of carbonyl (C=O) groups is 4. The van der Waals surface area contributed by atoms with Crippen LogP contribution < -0.4 is 20.4 Å². The van der Waals surface area contributed by atoms with Crippen molar-refractivity contribution in [3.05, 3.63) is 106 Å². The van der Waals surface area contributed by atoms with E-state index in [2.05, 4.69) is 20.6 Å². The monoisotopic (exact) mass is 722 g/mol. The van der Waals surface area contributed by atoms with Crippen LogP contribution in [0, 0.1) is 6.92 Å². The van der Waals surface area contributed by atoms with Gasteiger partial charge in [0, 0.05) is 41.2 Å². The van der Waals surface area contributed by atoms with Gasteiger partial charge in [-0.05, 0) is 88.2 Å². The van der Waals surface area contributed by atoms with Gasteiger partial charge in [0.2, 0.25) is 11.8 Å². The largest absolute Gasteiger partial charge is 0.377 e. The molecule has 52 heavy (non-hydrogen) atoms. The van der Waals surface area contributed by atoms with Crippen molar-refractivity contribution in [2.75, 3.05) is 46.9 Å². The van der Waals surface area contributed by atoms with E-state index in [1.807, 2.05) is 75.9 Å². The van der Waals surface area contributed by atoms with Crippen LogP contribution in [0.2, 0.25) is 5.02 Å². The van der Waals surface area contributed by atoms with Gasteiger partial charge >= 0.3 is 0 Å². The van der Waals surface area contributed by atoms with E-state index in [1.165, 1.54) is 12.4 Å². The molecule has 2 aromatic carbocycles. The molecular weight excluding hydrogens is 684 g/mol. The zero-order valence-electron chi connectivity index (χ0n) is 29.5. The van der Waals surface area contributed by atoms with Crippen LogP contribution in [-0.4, -0.2) is 72.1 Å². The highest BCUT2D eigenvalue weighted by atomic mass is 35.5. The molecule has 0 spiro atoms. The quantitative estimate of drug-likeness (QED) is 0.259. The molecule has 0 unspecified atom stereocenters. The van der Waals surface area contributed by atoms with E-state index < -0.39 is 10.8 Å². The number of rotatable bonds is 6. The zero-order chi connectivity index (χ0) is 36.9. The molecule has 8 rings (SSSR count). The molecule has 2 saturated heterocycles. The lowest BCUT2D eigenvalue weighted by molar-refractivity contribution is -0.125.